The van der Waals surface area contributed by atoms with Crippen LogP contribution in [-0.2, 0) is 4.84 Å². The molecule has 0 heterocycles. The van der Waals surface area contributed by atoms with Crippen LogP contribution in [-0.4, -0.2) is 12.7 Å². The Bertz CT molecular complexity index is 369. The second-order valence-electron chi connectivity index (χ2n) is 5.30. The maximum Gasteiger partial charge on any atom is 0.123 e. The van der Waals surface area contributed by atoms with Crippen LogP contribution in [0.1, 0.15) is 44.9 Å². The van der Waals surface area contributed by atoms with E-state index in [0.717, 1.165) is 11.3 Å². The van der Waals surface area contributed by atoms with E-state index in [-0.39, 0.29) is 11.6 Å². The average Bonchev–Trinajstić information content (AvgIpc) is 2.25. The number of ether oxygens (including phenoxy) is 1. The molecule has 0 fully saturated rings. The van der Waals surface area contributed by atoms with E-state index < -0.39 is 0 Å². The molecule has 3 nitrogen and oxygen atoms in total. The van der Waals surface area contributed by atoms with Gasteiger partial charge in [0.1, 0.15) is 5.75 Å². The molecule has 0 aliphatic rings. The summed E-state index contributed by atoms with van der Waals surface area (Å²) in [5.41, 5.74) is 5.18. The second-order valence-corrected chi connectivity index (χ2v) is 5.30. The first-order chi connectivity index (χ1) is 7.83. The molecule has 1 N–H and O–H groups in total. The van der Waals surface area contributed by atoms with Gasteiger partial charge in [-0.3, -0.25) is 4.84 Å². The predicted molar refractivity (Wildman–Crippen MR) is 70.1 cm³/mol. The van der Waals surface area contributed by atoms with Crippen LogP contribution < -0.4 is 10.2 Å². The van der Waals surface area contributed by atoms with Crippen LogP contribution in [0.15, 0.2) is 18.2 Å². The monoisotopic (exact) mass is 237 g/mol. The number of benzene rings is 1. The quantitative estimate of drug-likeness (QED) is 0.814. The first-order valence-electron chi connectivity index (χ1n) is 5.91. The van der Waals surface area contributed by atoms with Crippen molar-refractivity contribution in [3.8, 4) is 5.75 Å². The van der Waals surface area contributed by atoms with Gasteiger partial charge in [-0.15, -0.1) is 0 Å². The molecule has 0 aromatic heterocycles. The smallest absolute Gasteiger partial charge is 0.123 e. The minimum atomic E-state index is -0.203. The number of hydrogen-bond acceptors (Lipinski definition) is 3. The maximum atomic E-state index is 5.58. The van der Waals surface area contributed by atoms with E-state index in [4.69, 9.17) is 9.57 Å². The van der Waals surface area contributed by atoms with Crippen LogP contribution in [0.3, 0.4) is 0 Å². The Balaban J connectivity index is 2.80. The minimum absolute atomic E-state index is 0.0871. The molecule has 0 aliphatic carbocycles. The highest BCUT2D eigenvalue weighted by Crippen LogP contribution is 2.26. The fourth-order valence-electron chi connectivity index (χ4n) is 1.52. The fourth-order valence-corrected chi connectivity index (χ4v) is 1.52. The molecule has 1 unspecified atom stereocenters. The Labute approximate surface area is 104 Å². The van der Waals surface area contributed by atoms with Crippen molar-refractivity contribution in [2.24, 2.45) is 0 Å². The van der Waals surface area contributed by atoms with Crippen LogP contribution in [0.2, 0.25) is 0 Å². The first kappa shape index (κ1) is 14.0. The van der Waals surface area contributed by atoms with Gasteiger partial charge in [0.15, 0.2) is 0 Å². The summed E-state index contributed by atoms with van der Waals surface area (Å²) in [6.07, 6.45) is 0. The molecular weight excluding hydrogens is 214 g/mol. The van der Waals surface area contributed by atoms with E-state index in [0.29, 0.717) is 0 Å². The Hall–Kier alpha value is -1.06. The summed E-state index contributed by atoms with van der Waals surface area (Å²) in [6, 6.07) is 6.23. The Morgan fingerprint density at radius 2 is 1.88 bits per heavy atom. The van der Waals surface area contributed by atoms with Gasteiger partial charge in [0, 0.05) is 5.56 Å². The van der Waals surface area contributed by atoms with E-state index in [9.17, 15) is 0 Å². The molecule has 0 spiro atoms. The number of rotatable bonds is 4. The number of hydroxylamine groups is 1. The van der Waals surface area contributed by atoms with Gasteiger partial charge >= 0.3 is 0 Å². The third kappa shape index (κ3) is 4.36. The van der Waals surface area contributed by atoms with Gasteiger partial charge in [-0.1, -0.05) is 17.7 Å². The number of hydrogen-bond donors (Lipinski definition) is 1. The molecule has 96 valence electrons. The first-order valence-corrected chi connectivity index (χ1v) is 5.91. The number of aryl methyl sites for hydroxylation is 1. The van der Waals surface area contributed by atoms with Crippen LogP contribution in [0.25, 0.3) is 0 Å². The summed E-state index contributed by atoms with van der Waals surface area (Å²) in [7, 11) is 1.69. The molecule has 0 saturated carbocycles. The van der Waals surface area contributed by atoms with Crippen molar-refractivity contribution in [2.45, 2.75) is 46.3 Å². The lowest BCUT2D eigenvalue weighted by Crippen LogP contribution is -2.31. The van der Waals surface area contributed by atoms with E-state index in [1.165, 1.54) is 5.56 Å². The van der Waals surface area contributed by atoms with Gasteiger partial charge < -0.3 is 4.74 Å². The normalized spacial score (nSPS) is 13.5. The zero-order chi connectivity index (χ0) is 13.1. The topological polar surface area (TPSA) is 30.5 Å². The van der Waals surface area contributed by atoms with E-state index in [2.05, 4.69) is 25.4 Å². The lowest BCUT2D eigenvalue weighted by Gasteiger charge is -2.24. The highest BCUT2D eigenvalue weighted by atomic mass is 16.7. The van der Waals surface area contributed by atoms with Gasteiger partial charge in [0.05, 0.1) is 18.8 Å². The number of nitrogens with one attached hydrogen (secondary N) is 1. The molecule has 0 aliphatic heterocycles. The molecule has 1 rings (SSSR count). The molecule has 1 aromatic rings. The summed E-state index contributed by atoms with van der Waals surface area (Å²) in [4.78, 5) is 5.58. The van der Waals surface area contributed by atoms with Crippen molar-refractivity contribution in [3.63, 3.8) is 0 Å². The molecule has 0 amide bonds. The van der Waals surface area contributed by atoms with Gasteiger partial charge in [0.2, 0.25) is 0 Å². The van der Waals surface area contributed by atoms with E-state index >= 15 is 0 Å². The third-order valence-electron chi connectivity index (χ3n) is 2.39. The van der Waals surface area contributed by atoms with Gasteiger partial charge in [-0.2, -0.15) is 5.48 Å². The summed E-state index contributed by atoms with van der Waals surface area (Å²) in [5.74, 6) is 0.883. The fraction of sp³-hybridized carbons (Fsp3) is 0.571. The molecule has 0 bridgehead atoms. The SMILES string of the molecule is COc1ccc(C)cc1C(C)NOC(C)(C)C. The molecule has 1 atom stereocenters. The Kier molecular flexibility index (Phi) is 4.54. The van der Waals surface area contributed by atoms with E-state index in [1.54, 1.807) is 7.11 Å². The summed E-state index contributed by atoms with van der Waals surface area (Å²) < 4.78 is 5.36. The van der Waals surface area contributed by atoms with Crippen molar-refractivity contribution >= 4 is 0 Å². The molecule has 0 saturated heterocycles. The molecule has 3 heteroatoms. The van der Waals surface area contributed by atoms with Crippen molar-refractivity contribution < 1.29 is 9.57 Å². The van der Waals surface area contributed by atoms with Crippen molar-refractivity contribution in [3.05, 3.63) is 29.3 Å². The summed E-state index contributed by atoms with van der Waals surface area (Å²) in [6.45, 7) is 10.2. The van der Waals surface area contributed by atoms with Crippen LogP contribution in [0.5, 0.6) is 5.75 Å². The van der Waals surface area contributed by atoms with Gasteiger partial charge in [-0.25, -0.2) is 0 Å². The van der Waals surface area contributed by atoms with E-state index in [1.807, 2.05) is 32.9 Å². The van der Waals surface area contributed by atoms with Crippen LogP contribution >= 0.6 is 0 Å². The standard InChI is InChI=1S/C14H23NO2/c1-10-7-8-13(16-6)12(9-10)11(2)15-17-14(3,4)5/h7-9,11,15H,1-6H3. The highest BCUT2D eigenvalue weighted by Gasteiger charge is 2.16. The van der Waals surface area contributed by atoms with Gasteiger partial charge in [-0.05, 0) is 40.7 Å². The lowest BCUT2D eigenvalue weighted by molar-refractivity contribution is -0.0868. The van der Waals surface area contributed by atoms with Crippen LogP contribution in [0, 0.1) is 6.92 Å². The predicted octanol–water partition coefficient (Wildman–Crippen LogP) is 3.38. The van der Waals surface area contributed by atoms with Crippen LogP contribution in [0.4, 0.5) is 0 Å². The molecular formula is C14H23NO2. The Morgan fingerprint density at radius 3 is 2.41 bits per heavy atom. The second kappa shape index (κ2) is 5.52. The maximum absolute atomic E-state index is 5.58. The number of methoxy groups -OCH3 is 1. The zero-order valence-corrected chi connectivity index (χ0v) is 11.6. The van der Waals surface area contributed by atoms with Crippen molar-refractivity contribution in [1.82, 2.24) is 5.48 Å². The average molecular weight is 237 g/mol. The lowest BCUT2D eigenvalue weighted by atomic mass is 10.1. The Morgan fingerprint density at radius 1 is 1.24 bits per heavy atom. The minimum Gasteiger partial charge on any atom is -0.496 e. The molecule has 1 aromatic carbocycles. The third-order valence-corrected chi connectivity index (χ3v) is 2.39. The van der Waals surface area contributed by atoms with Crippen molar-refractivity contribution in [2.75, 3.05) is 7.11 Å². The van der Waals surface area contributed by atoms with Gasteiger partial charge in [0.25, 0.3) is 0 Å². The van der Waals surface area contributed by atoms with Crippen molar-refractivity contribution in [1.29, 1.82) is 0 Å². The largest absolute Gasteiger partial charge is 0.496 e. The zero-order valence-electron chi connectivity index (χ0n) is 11.6. The highest BCUT2D eigenvalue weighted by molar-refractivity contribution is 5.38. The summed E-state index contributed by atoms with van der Waals surface area (Å²) >= 11 is 0. The molecule has 0 radical (unpaired) electrons. The molecule has 17 heavy (non-hydrogen) atoms. The summed E-state index contributed by atoms with van der Waals surface area (Å²) in [5, 5.41) is 0.